The predicted molar refractivity (Wildman–Crippen MR) is 48.4 cm³/mol. The molecule has 1 aliphatic carbocycles. The van der Waals surface area contributed by atoms with Gasteiger partial charge in [-0.3, -0.25) is 4.79 Å². The van der Waals surface area contributed by atoms with Crippen LogP contribution in [0, 0.1) is 11.8 Å². The average Bonchev–Trinajstić information content (AvgIpc) is 2.00. The summed E-state index contributed by atoms with van der Waals surface area (Å²) >= 11 is 0. The van der Waals surface area contributed by atoms with Crippen molar-refractivity contribution < 1.29 is 15.0 Å². The van der Waals surface area contributed by atoms with Gasteiger partial charge < -0.3 is 15.5 Å². The van der Waals surface area contributed by atoms with E-state index in [1.807, 2.05) is 0 Å². The number of carbonyl (C=O) groups is 1. The van der Waals surface area contributed by atoms with E-state index in [4.69, 9.17) is 10.2 Å². The largest absolute Gasteiger partial charge is 0.481 e. The maximum absolute atomic E-state index is 10.4. The molecule has 0 amide bonds. The van der Waals surface area contributed by atoms with Crippen LogP contribution < -0.4 is 5.32 Å². The van der Waals surface area contributed by atoms with Crippen LogP contribution in [-0.2, 0) is 4.79 Å². The molecule has 1 aliphatic rings. The lowest BCUT2D eigenvalue weighted by molar-refractivity contribution is -0.141. The van der Waals surface area contributed by atoms with Crippen molar-refractivity contribution in [2.75, 3.05) is 13.1 Å². The predicted octanol–water partition coefficient (Wildman–Crippen LogP) is 0.0676. The van der Waals surface area contributed by atoms with Crippen molar-refractivity contribution in [3.63, 3.8) is 0 Å². The lowest BCUT2D eigenvalue weighted by Gasteiger charge is -2.31. The summed E-state index contributed by atoms with van der Waals surface area (Å²) in [6.07, 6.45) is 1.59. The highest BCUT2D eigenvalue weighted by molar-refractivity contribution is 5.69. The topological polar surface area (TPSA) is 69.6 Å². The van der Waals surface area contributed by atoms with Gasteiger partial charge in [0.1, 0.15) is 0 Å². The van der Waals surface area contributed by atoms with Crippen LogP contribution in [0.5, 0.6) is 0 Å². The zero-order valence-corrected chi connectivity index (χ0v) is 7.86. The highest BCUT2D eigenvalue weighted by Gasteiger charge is 2.26. The van der Waals surface area contributed by atoms with E-state index in [0.717, 1.165) is 19.4 Å². The van der Waals surface area contributed by atoms with Crippen LogP contribution in [0.15, 0.2) is 0 Å². The lowest BCUT2D eigenvalue weighted by Crippen LogP contribution is -2.38. The Morgan fingerprint density at radius 1 is 1.62 bits per heavy atom. The third-order valence-electron chi connectivity index (χ3n) is 2.52. The molecule has 0 aliphatic heterocycles. The van der Waals surface area contributed by atoms with Gasteiger partial charge in [0.25, 0.3) is 0 Å². The molecule has 1 atom stereocenters. The van der Waals surface area contributed by atoms with Gasteiger partial charge in [0.15, 0.2) is 0 Å². The molecular formula is C9H17NO3. The van der Waals surface area contributed by atoms with Gasteiger partial charge in [0, 0.05) is 6.54 Å². The summed E-state index contributed by atoms with van der Waals surface area (Å²) in [4.78, 5) is 10.4. The summed E-state index contributed by atoms with van der Waals surface area (Å²) in [6, 6.07) is 0. The Balaban J connectivity index is 1.98. The monoisotopic (exact) mass is 187 g/mol. The second kappa shape index (κ2) is 4.58. The van der Waals surface area contributed by atoms with Crippen LogP contribution in [0.3, 0.4) is 0 Å². The molecule has 13 heavy (non-hydrogen) atoms. The average molecular weight is 187 g/mol. The quantitative estimate of drug-likeness (QED) is 0.569. The third-order valence-corrected chi connectivity index (χ3v) is 2.52. The van der Waals surface area contributed by atoms with Crippen molar-refractivity contribution in [2.24, 2.45) is 11.8 Å². The maximum atomic E-state index is 10.4. The first kappa shape index (κ1) is 10.5. The number of aliphatic hydroxyl groups is 1. The van der Waals surface area contributed by atoms with Crippen LogP contribution in [-0.4, -0.2) is 35.4 Å². The highest BCUT2D eigenvalue weighted by Crippen LogP contribution is 2.25. The fourth-order valence-electron chi connectivity index (χ4n) is 1.46. The molecule has 0 radical (unpaired) electrons. The minimum Gasteiger partial charge on any atom is -0.481 e. The van der Waals surface area contributed by atoms with E-state index in [-0.39, 0.29) is 12.0 Å². The number of aliphatic hydroxyl groups excluding tert-OH is 1. The summed E-state index contributed by atoms with van der Waals surface area (Å²) < 4.78 is 0. The van der Waals surface area contributed by atoms with Crippen molar-refractivity contribution >= 4 is 5.97 Å². The number of hydrogen-bond donors (Lipinski definition) is 3. The molecule has 0 spiro atoms. The van der Waals surface area contributed by atoms with Crippen LogP contribution >= 0.6 is 0 Å². The Morgan fingerprint density at radius 2 is 2.23 bits per heavy atom. The fraction of sp³-hybridized carbons (Fsp3) is 0.889. The Morgan fingerprint density at radius 3 is 2.69 bits per heavy atom. The van der Waals surface area contributed by atoms with Crippen LogP contribution in [0.25, 0.3) is 0 Å². The van der Waals surface area contributed by atoms with E-state index < -0.39 is 5.97 Å². The minimum atomic E-state index is -0.763. The normalized spacial score (nSPS) is 29.4. The third kappa shape index (κ3) is 3.32. The van der Waals surface area contributed by atoms with Crippen molar-refractivity contribution in [1.82, 2.24) is 5.32 Å². The SMILES string of the molecule is CC(CNCC1CC(O)C1)C(=O)O. The van der Waals surface area contributed by atoms with Crippen LogP contribution in [0.1, 0.15) is 19.8 Å². The molecule has 1 unspecified atom stereocenters. The van der Waals surface area contributed by atoms with Crippen molar-refractivity contribution in [1.29, 1.82) is 0 Å². The van der Waals surface area contributed by atoms with E-state index in [0.29, 0.717) is 12.5 Å². The molecule has 1 fully saturated rings. The minimum absolute atomic E-state index is 0.122. The number of hydrogen-bond acceptors (Lipinski definition) is 3. The molecule has 76 valence electrons. The molecule has 4 nitrogen and oxygen atoms in total. The molecule has 0 aromatic heterocycles. The van der Waals surface area contributed by atoms with Gasteiger partial charge in [-0.25, -0.2) is 0 Å². The Kier molecular flexibility index (Phi) is 3.69. The Bertz CT molecular complexity index is 178. The summed E-state index contributed by atoms with van der Waals surface area (Å²) in [5, 5.41) is 20.7. The fourth-order valence-corrected chi connectivity index (χ4v) is 1.46. The standard InChI is InChI=1S/C9H17NO3/c1-6(9(12)13)4-10-5-7-2-8(11)3-7/h6-8,10-11H,2-5H2,1H3,(H,12,13). The Hall–Kier alpha value is -0.610. The van der Waals surface area contributed by atoms with E-state index in [1.165, 1.54) is 0 Å². The number of carboxylic acids is 1. The maximum Gasteiger partial charge on any atom is 0.307 e. The van der Waals surface area contributed by atoms with E-state index in [9.17, 15) is 4.79 Å². The first-order valence-electron chi connectivity index (χ1n) is 4.71. The van der Waals surface area contributed by atoms with Crippen LogP contribution in [0.4, 0.5) is 0 Å². The van der Waals surface area contributed by atoms with E-state index >= 15 is 0 Å². The molecule has 4 heteroatoms. The first-order valence-corrected chi connectivity index (χ1v) is 4.71. The second-order valence-electron chi connectivity index (χ2n) is 3.89. The smallest absolute Gasteiger partial charge is 0.307 e. The second-order valence-corrected chi connectivity index (χ2v) is 3.89. The highest BCUT2D eigenvalue weighted by atomic mass is 16.4. The lowest BCUT2D eigenvalue weighted by atomic mass is 9.82. The van der Waals surface area contributed by atoms with Crippen LogP contribution in [0.2, 0.25) is 0 Å². The summed E-state index contributed by atoms with van der Waals surface area (Å²) in [5.74, 6) is -0.554. The van der Waals surface area contributed by atoms with Gasteiger partial charge in [-0.1, -0.05) is 6.92 Å². The summed E-state index contributed by atoms with van der Waals surface area (Å²) in [7, 11) is 0. The van der Waals surface area contributed by atoms with Gasteiger partial charge in [0.2, 0.25) is 0 Å². The Labute approximate surface area is 78.0 Å². The number of carboxylic acid groups (broad SMARTS) is 1. The molecule has 0 saturated heterocycles. The zero-order valence-electron chi connectivity index (χ0n) is 7.86. The molecule has 3 N–H and O–H groups in total. The van der Waals surface area contributed by atoms with Gasteiger partial charge in [-0.2, -0.15) is 0 Å². The first-order chi connectivity index (χ1) is 6.09. The summed E-state index contributed by atoms with van der Waals surface area (Å²) in [6.45, 7) is 3.03. The van der Waals surface area contributed by atoms with Crippen molar-refractivity contribution in [3.05, 3.63) is 0 Å². The molecule has 1 saturated carbocycles. The zero-order chi connectivity index (χ0) is 9.84. The van der Waals surface area contributed by atoms with Crippen molar-refractivity contribution in [2.45, 2.75) is 25.9 Å². The van der Waals surface area contributed by atoms with Gasteiger partial charge >= 0.3 is 5.97 Å². The molecule has 1 rings (SSSR count). The molecule has 0 aromatic carbocycles. The molecule has 0 heterocycles. The molecule has 0 aromatic rings. The number of rotatable bonds is 5. The molecule has 0 bridgehead atoms. The molecular weight excluding hydrogens is 170 g/mol. The van der Waals surface area contributed by atoms with E-state index in [1.54, 1.807) is 6.92 Å². The number of nitrogens with one attached hydrogen (secondary N) is 1. The van der Waals surface area contributed by atoms with Gasteiger partial charge in [0.05, 0.1) is 12.0 Å². The summed E-state index contributed by atoms with van der Waals surface area (Å²) in [5.41, 5.74) is 0. The van der Waals surface area contributed by atoms with Crippen molar-refractivity contribution in [3.8, 4) is 0 Å². The van der Waals surface area contributed by atoms with Gasteiger partial charge in [-0.15, -0.1) is 0 Å². The van der Waals surface area contributed by atoms with E-state index in [2.05, 4.69) is 5.32 Å². The number of aliphatic carboxylic acids is 1. The van der Waals surface area contributed by atoms with Gasteiger partial charge in [-0.05, 0) is 25.3 Å².